The van der Waals surface area contributed by atoms with Crippen LogP contribution in [0.2, 0.25) is 0 Å². The Balaban J connectivity index is 1.68. The first-order valence-electron chi connectivity index (χ1n) is 6.50. The number of rotatable bonds is 2. The minimum atomic E-state index is 0.708. The first-order valence-corrected chi connectivity index (χ1v) is 6.50. The zero-order chi connectivity index (χ0) is 10.8. The molecule has 0 unspecified atom stereocenters. The fourth-order valence-corrected chi connectivity index (χ4v) is 2.94. The maximum Gasteiger partial charge on any atom is 0.0400 e. The van der Waals surface area contributed by atoms with Crippen LogP contribution in [0.3, 0.4) is 0 Å². The van der Waals surface area contributed by atoms with Gasteiger partial charge < -0.3 is 10.2 Å². The van der Waals surface area contributed by atoms with Crippen molar-refractivity contribution < 1.29 is 0 Å². The van der Waals surface area contributed by atoms with Gasteiger partial charge in [0, 0.05) is 24.8 Å². The standard InChI is InChI=1S/C14H20N2/c1-2-7-14-12(5-1)8-10-16(14)11-13-6-3-4-9-15-13/h1-2,5,7,13,15H,3-4,6,8-11H2/t13-/m0/s1. The third-order valence-electron chi connectivity index (χ3n) is 3.84. The predicted octanol–water partition coefficient (Wildman–Crippen LogP) is 2.19. The van der Waals surface area contributed by atoms with Crippen LogP contribution in [0.5, 0.6) is 0 Å². The summed E-state index contributed by atoms with van der Waals surface area (Å²) in [6.45, 7) is 3.61. The Morgan fingerprint density at radius 1 is 1.25 bits per heavy atom. The van der Waals surface area contributed by atoms with E-state index in [0.29, 0.717) is 6.04 Å². The highest BCUT2D eigenvalue weighted by Gasteiger charge is 2.22. The molecular weight excluding hydrogens is 196 g/mol. The lowest BCUT2D eigenvalue weighted by molar-refractivity contribution is 0.401. The van der Waals surface area contributed by atoms with Crippen LogP contribution in [0.4, 0.5) is 5.69 Å². The molecule has 3 rings (SSSR count). The summed E-state index contributed by atoms with van der Waals surface area (Å²) in [7, 11) is 0. The molecule has 86 valence electrons. The van der Waals surface area contributed by atoms with Crippen molar-refractivity contribution in [2.45, 2.75) is 31.7 Å². The first-order chi connectivity index (χ1) is 7.93. The molecule has 0 amide bonds. The molecule has 2 heterocycles. The normalized spacial score (nSPS) is 24.5. The average molecular weight is 216 g/mol. The van der Waals surface area contributed by atoms with E-state index in [0.717, 1.165) is 0 Å². The number of piperidine rings is 1. The van der Waals surface area contributed by atoms with E-state index in [1.807, 2.05) is 0 Å². The molecule has 1 fully saturated rings. The smallest absolute Gasteiger partial charge is 0.0400 e. The second-order valence-electron chi connectivity index (χ2n) is 4.97. The largest absolute Gasteiger partial charge is 0.369 e. The Kier molecular flexibility index (Phi) is 2.83. The lowest BCUT2D eigenvalue weighted by Crippen LogP contribution is -2.43. The molecule has 0 radical (unpaired) electrons. The van der Waals surface area contributed by atoms with Crippen molar-refractivity contribution in [1.82, 2.24) is 5.32 Å². The summed E-state index contributed by atoms with van der Waals surface area (Å²) in [6.07, 6.45) is 5.32. The van der Waals surface area contributed by atoms with E-state index < -0.39 is 0 Å². The van der Waals surface area contributed by atoms with Crippen molar-refractivity contribution in [2.24, 2.45) is 0 Å². The summed E-state index contributed by atoms with van der Waals surface area (Å²) in [6, 6.07) is 9.56. The van der Waals surface area contributed by atoms with Crippen LogP contribution >= 0.6 is 0 Å². The van der Waals surface area contributed by atoms with Crippen molar-refractivity contribution in [3.63, 3.8) is 0 Å². The van der Waals surface area contributed by atoms with Crippen LogP contribution in [-0.2, 0) is 6.42 Å². The highest BCUT2D eigenvalue weighted by atomic mass is 15.2. The fourth-order valence-electron chi connectivity index (χ4n) is 2.94. The SMILES string of the molecule is c1ccc2c(c1)CCN2C[C@@H]1CCCCN1. The monoisotopic (exact) mass is 216 g/mol. The summed E-state index contributed by atoms with van der Waals surface area (Å²) in [5, 5.41) is 3.64. The molecule has 2 heteroatoms. The van der Waals surface area contributed by atoms with Gasteiger partial charge in [0.1, 0.15) is 0 Å². The molecule has 16 heavy (non-hydrogen) atoms. The molecule has 1 aromatic carbocycles. The van der Waals surface area contributed by atoms with E-state index >= 15 is 0 Å². The Labute approximate surface area is 97.6 Å². The van der Waals surface area contributed by atoms with Gasteiger partial charge in [-0.05, 0) is 37.4 Å². The number of fused-ring (bicyclic) bond motifs is 1. The molecule has 0 spiro atoms. The van der Waals surface area contributed by atoms with E-state index in [-0.39, 0.29) is 0 Å². The molecule has 1 N–H and O–H groups in total. The van der Waals surface area contributed by atoms with Crippen LogP contribution in [0.1, 0.15) is 24.8 Å². The number of nitrogens with one attached hydrogen (secondary N) is 1. The second-order valence-corrected chi connectivity index (χ2v) is 4.97. The summed E-state index contributed by atoms with van der Waals surface area (Å²) < 4.78 is 0. The van der Waals surface area contributed by atoms with Gasteiger partial charge in [0.2, 0.25) is 0 Å². The zero-order valence-corrected chi connectivity index (χ0v) is 9.78. The van der Waals surface area contributed by atoms with Crippen LogP contribution < -0.4 is 10.2 Å². The van der Waals surface area contributed by atoms with Gasteiger partial charge >= 0.3 is 0 Å². The van der Waals surface area contributed by atoms with Crippen molar-refractivity contribution in [3.8, 4) is 0 Å². The summed E-state index contributed by atoms with van der Waals surface area (Å²) in [4.78, 5) is 2.55. The van der Waals surface area contributed by atoms with Crippen molar-refractivity contribution in [2.75, 3.05) is 24.5 Å². The van der Waals surface area contributed by atoms with Gasteiger partial charge in [0.15, 0.2) is 0 Å². The molecule has 1 atom stereocenters. The number of hydrogen-bond donors (Lipinski definition) is 1. The molecule has 0 aromatic heterocycles. The second kappa shape index (κ2) is 4.46. The summed E-state index contributed by atoms with van der Waals surface area (Å²) >= 11 is 0. The number of hydrogen-bond acceptors (Lipinski definition) is 2. The van der Waals surface area contributed by atoms with E-state index in [1.165, 1.54) is 56.6 Å². The highest BCUT2D eigenvalue weighted by Crippen LogP contribution is 2.27. The third-order valence-corrected chi connectivity index (χ3v) is 3.84. The molecular formula is C14H20N2. The number of anilines is 1. The molecule has 2 nitrogen and oxygen atoms in total. The van der Waals surface area contributed by atoms with Gasteiger partial charge in [0.25, 0.3) is 0 Å². The predicted molar refractivity (Wildman–Crippen MR) is 68.0 cm³/mol. The zero-order valence-electron chi connectivity index (χ0n) is 9.78. The fraction of sp³-hybridized carbons (Fsp3) is 0.571. The molecule has 2 aliphatic rings. The van der Waals surface area contributed by atoms with Crippen LogP contribution in [-0.4, -0.2) is 25.7 Å². The number of nitrogens with zero attached hydrogens (tertiary/aromatic N) is 1. The minimum absolute atomic E-state index is 0.708. The van der Waals surface area contributed by atoms with Crippen molar-refractivity contribution in [1.29, 1.82) is 0 Å². The van der Waals surface area contributed by atoms with E-state index in [4.69, 9.17) is 0 Å². The van der Waals surface area contributed by atoms with Crippen LogP contribution in [0.25, 0.3) is 0 Å². The average Bonchev–Trinajstić information content (AvgIpc) is 2.74. The lowest BCUT2D eigenvalue weighted by atomic mass is 10.0. The molecule has 1 saturated heterocycles. The van der Waals surface area contributed by atoms with Crippen molar-refractivity contribution in [3.05, 3.63) is 29.8 Å². The summed E-state index contributed by atoms with van der Waals surface area (Å²) in [5.74, 6) is 0. The van der Waals surface area contributed by atoms with E-state index in [9.17, 15) is 0 Å². The van der Waals surface area contributed by atoms with Crippen LogP contribution in [0.15, 0.2) is 24.3 Å². The van der Waals surface area contributed by atoms with Crippen LogP contribution in [0, 0.1) is 0 Å². The summed E-state index contributed by atoms with van der Waals surface area (Å²) in [5.41, 5.74) is 2.99. The molecule has 0 aliphatic carbocycles. The van der Waals surface area contributed by atoms with Crippen molar-refractivity contribution >= 4 is 5.69 Å². The Hall–Kier alpha value is -1.02. The Morgan fingerprint density at radius 2 is 2.19 bits per heavy atom. The third kappa shape index (κ3) is 1.94. The number of benzene rings is 1. The van der Waals surface area contributed by atoms with Gasteiger partial charge in [-0.15, -0.1) is 0 Å². The Morgan fingerprint density at radius 3 is 3.06 bits per heavy atom. The quantitative estimate of drug-likeness (QED) is 0.815. The molecule has 2 aliphatic heterocycles. The van der Waals surface area contributed by atoms with Gasteiger partial charge in [0.05, 0.1) is 0 Å². The van der Waals surface area contributed by atoms with E-state index in [2.05, 4.69) is 34.5 Å². The lowest BCUT2D eigenvalue weighted by Gasteiger charge is -2.29. The maximum absolute atomic E-state index is 3.64. The van der Waals surface area contributed by atoms with Gasteiger partial charge in [-0.1, -0.05) is 24.6 Å². The van der Waals surface area contributed by atoms with Gasteiger partial charge in [-0.2, -0.15) is 0 Å². The maximum atomic E-state index is 3.64. The van der Waals surface area contributed by atoms with Gasteiger partial charge in [-0.3, -0.25) is 0 Å². The minimum Gasteiger partial charge on any atom is -0.369 e. The van der Waals surface area contributed by atoms with E-state index in [1.54, 1.807) is 0 Å². The molecule has 0 saturated carbocycles. The number of para-hydroxylation sites is 1. The Bertz CT molecular complexity index is 356. The molecule has 1 aromatic rings. The molecule has 0 bridgehead atoms. The first kappa shape index (κ1) is 10.2. The topological polar surface area (TPSA) is 15.3 Å². The highest BCUT2D eigenvalue weighted by molar-refractivity contribution is 5.57. The van der Waals surface area contributed by atoms with Gasteiger partial charge in [-0.25, -0.2) is 0 Å².